The van der Waals surface area contributed by atoms with Crippen molar-refractivity contribution in [3.05, 3.63) is 54.4 Å². The average Bonchev–Trinajstić information content (AvgIpc) is 3.16. The van der Waals surface area contributed by atoms with Crippen LogP contribution < -0.4 is 0 Å². The number of benzene rings is 2. The SMILES string of the molecule is CCC(=O)N1CCCC(c2[nH]ncc2-c2cccc3ccccc23)C1. The van der Waals surface area contributed by atoms with Crippen molar-refractivity contribution >= 4 is 16.7 Å². The Bertz CT molecular complexity index is 894. The number of hydrogen-bond acceptors (Lipinski definition) is 2. The Morgan fingerprint density at radius 3 is 2.92 bits per heavy atom. The molecule has 4 rings (SSSR count). The number of carbonyl (C=O) groups is 1. The van der Waals surface area contributed by atoms with Crippen molar-refractivity contribution in [2.24, 2.45) is 0 Å². The third kappa shape index (κ3) is 2.93. The van der Waals surface area contributed by atoms with Crippen molar-refractivity contribution in [1.82, 2.24) is 15.1 Å². The number of piperidine rings is 1. The highest BCUT2D eigenvalue weighted by molar-refractivity contribution is 5.97. The molecule has 2 heterocycles. The number of amides is 1. The summed E-state index contributed by atoms with van der Waals surface area (Å²) in [6, 6.07) is 14.8. The molecule has 4 nitrogen and oxygen atoms in total. The molecule has 2 aromatic carbocycles. The van der Waals surface area contributed by atoms with E-state index < -0.39 is 0 Å². The largest absolute Gasteiger partial charge is 0.342 e. The molecule has 1 amide bonds. The monoisotopic (exact) mass is 333 g/mol. The van der Waals surface area contributed by atoms with Crippen LogP contribution in [0.25, 0.3) is 21.9 Å². The number of nitrogens with one attached hydrogen (secondary N) is 1. The Kier molecular flexibility index (Phi) is 4.26. The zero-order chi connectivity index (χ0) is 17.2. The van der Waals surface area contributed by atoms with E-state index in [1.54, 1.807) is 0 Å². The van der Waals surface area contributed by atoms with Gasteiger partial charge in [-0.25, -0.2) is 0 Å². The van der Waals surface area contributed by atoms with Crippen molar-refractivity contribution in [3.8, 4) is 11.1 Å². The molecule has 0 spiro atoms. The minimum Gasteiger partial charge on any atom is -0.342 e. The van der Waals surface area contributed by atoms with Crippen LogP contribution in [0.4, 0.5) is 0 Å². The van der Waals surface area contributed by atoms with E-state index in [0.29, 0.717) is 12.3 Å². The summed E-state index contributed by atoms with van der Waals surface area (Å²) in [7, 11) is 0. The maximum absolute atomic E-state index is 12.1. The first-order chi connectivity index (χ1) is 12.3. The summed E-state index contributed by atoms with van der Waals surface area (Å²) < 4.78 is 0. The van der Waals surface area contributed by atoms with Gasteiger partial charge in [-0.3, -0.25) is 9.89 Å². The molecule has 1 aromatic heterocycles. The highest BCUT2D eigenvalue weighted by atomic mass is 16.2. The highest BCUT2D eigenvalue weighted by Gasteiger charge is 2.27. The second kappa shape index (κ2) is 6.71. The number of hydrogen-bond donors (Lipinski definition) is 1. The molecule has 0 radical (unpaired) electrons. The van der Waals surface area contributed by atoms with E-state index in [-0.39, 0.29) is 5.91 Å². The fourth-order valence-corrected chi connectivity index (χ4v) is 3.95. The zero-order valence-corrected chi connectivity index (χ0v) is 14.5. The third-order valence-electron chi connectivity index (χ3n) is 5.23. The van der Waals surface area contributed by atoms with Gasteiger partial charge in [0, 0.05) is 36.7 Å². The zero-order valence-electron chi connectivity index (χ0n) is 14.5. The molecule has 25 heavy (non-hydrogen) atoms. The summed E-state index contributed by atoms with van der Waals surface area (Å²) in [5.41, 5.74) is 3.53. The molecule has 128 valence electrons. The molecule has 4 heteroatoms. The molecule has 0 saturated carbocycles. The molecule has 0 bridgehead atoms. The van der Waals surface area contributed by atoms with E-state index >= 15 is 0 Å². The molecule has 1 aliphatic rings. The smallest absolute Gasteiger partial charge is 0.222 e. The van der Waals surface area contributed by atoms with Gasteiger partial charge in [0.2, 0.25) is 5.91 Å². The maximum atomic E-state index is 12.1. The van der Waals surface area contributed by atoms with Crippen LogP contribution in [0.5, 0.6) is 0 Å². The second-order valence-corrected chi connectivity index (χ2v) is 6.76. The van der Waals surface area contributed by atoms with Crippen LogP contribution in [0.3, 0.4) is 0 Å². The molecule has 1 N–H and O–H groups in total. The lowest BCUT2D eigenvalue weighted by Gasteiger charge is -2.32. The minimum atomic E-state index is 0.246. The predicted molar refractivity (Wildman–Crippen MR) is 100 cm³/mol. The van der Waals surface area contributed by atoms with Crippen molar-refractivity contribution < 1.29 is 4.79 Å². The standard InChI is InChI=1S/C21H23N3O/c1-2-20(25)24-12-6-9-16(14-24)21-19(13-22-23-21)18-11-5-8-15-7-3-4-10-17(15)18/h3-5,7-8,10-11,13,16H,2,6,9,12,14H2,1H3,(H,22,23). The highest BCUT2D eigenvalue weighted by Crippen LogP contribution is 2.36. The van der Waals surface area contributed by atoms with E-state index in [1.165, 1.54) is 16.3 Å². The lowest BCUT2D eigenvalue weighted by molar-refractivity contribution is -0.132. The lowest BCUT2D eigenvalue weighted by Crippen LogP contribution is -2.38. The predicted octanol–water partition coefficient (Wildman–Crippen LogP) is 4.35. The van der Waals surface area contributed by atoms with Gasteiger partial charge >= 0.3 is 0 Å². The molecular formula is C21H23N3O. The summed E-state index contributed by atoms with van der Waals surface area (Å²) in [4.78, 5) is 14.1. The van der Waals surface area contributed by atoms with Crippen molar-refractivity contribution in [2.45, 2.75) is 32.1 Å². The average molecular weight is 333 g/mol. The Labute approximate surface area is 147 Å². The fourth-order valence-electron chi connectivity index (χ4n) is 3.95. The number of rotatable bonds is 3. The first kappa shape index (κ1) is 15.9. The molecule has 1 fully saturated rings. The topological polar surface area (TPSA) is 49.0 Å². The van der Waals surface area contributed by atoms with E-state index in [4.69, 9.17) is 0 Å². The first-order valence-electron chi connectivity index (χ1n) is 9.07. The summed E-state index contributed by atoms with van der Waals surface area (Å²) in [5, 5.41) is 10.0. The van der Waals surface area contributed by atoms with E-state index in [9.17, 15) is 4.79 Å². The van der Waals surface area contributed by atoms with Crippen LogP contribution in [-0.4, -0.2) is 34.1 Å². The van der Waals surface area contributed by atoms with E-state index in [0.717, 1.165) is 37.2 Å². The minimum absolute atomic E-state index is 0.246. The van der Waals surface area contributed by atoms with Crippen LogP contribution in [0.2, 0.25) is 0 Å². The van der Waals surface area contributed by atoms with E-state index in [2.05, 4.69) is 52.7 Å². The Hall–Kier alpha value is -2.62. The quantitative estimate of drug-likeness (QED) is 0.775. The Morgan fingerprint density at radius 2 is 2.04 bits per heavy atom. The Morgan fingerprint density at radius 1 is 1.20 bits per heavy atom. The molecule has 1 unspecified atom stereocenters. The molecule has 3 aromatic rings. The van der Waals surface area contributed by atoms with Gasteiger partial charge in [-0.1, -0.05) is 49.4 Å². The summed E-state index contributed by atoms with van der Waals surface area (Å²) in [5.74, 6) is 0.566. The second-order valence-electron chi connectivity index (χ2n) is 6.76. The van der Waals surface area contributed by atoms with Gasteiger partial charge in [-0.05, 0) is 29.2 Å². The van der Waals surface area contributed by atoms with Crippen LogP contribution in [0, 0.1) is 0 Å². The van der Waals surface area contributed by atoms with Gasteiger partial charge in [0.05, 0.1) is 6.20 Å². The van der Waals surface area contributed by atoms with Gasteiger partial charge in [0.1, 0.15) is 0 Å². The maximum Gasteiger partial charge on any atom is 0.222 e. The number of carbonyl (C=O) groups excluding carboxylic acids is 1. The van der Waals surface area contributed by atoms with Crippen LogP contribution in [0.15, 0.2) is 48.7 Å². The van der Waals surface area contributed by atoms with Crippen molar-refractivity contribution in [3.63, 3.8) is 0 Å². The summed E-state index contributed by atoms with van der Waals surface area (Å²) in [6.45, 7) is 3.59. The van der Waals surface area contributed by atoms with Crippen molar-refractivity contribution in [1.29, 1.82) is 0 Å². The van der Waals surface area contributed by atoms with Gasteiger partial charge in [-0.15, -0.1) is 0 Å². The van der Waals surface area contributed by atoms with Crippen molar-refractivity contribution in [2.75, 3.05) is 13.1 Å². The molecule has 1 atom stereocenters. The first-order valence-corrected chi connectivity index (χ1v) is 9.07. The van der Waals surface area contributed by atoms with Crippen LogP contribution >= 0.6 is 0 Å². The number of aromatic amines is 1. The summed E-state index contributed by atoms with van der Waals surface area (Å²) in [6.07, 6.45) is 4.64. The van der Waals surface area contributed by atoms with Gasteiger partial charge in [-0.2, -0.15) is 5.10 Å². The normalized spacial score (nSPS) is 17.8. The third-order valence-corrected chi connectivity index (χ3v) is 5.23. The molecule has 0 aliphatic carbocycles. The summed E-state index contributed by atoms with van der Waals surface area (Å²) >= 11 is 0. The number of aromatic nitrogens is 2. The lowest BCUT2D eigenvalue weighted by atomic mass is 9.89. The number of likely N-dealkylation sites (tertiary alicyclic amines) is 1. The molecule has 1 saturated heterocycles. The van der Waals surface area contributed by atoms with E-state index in [1.807, 2.05) is 18.0 Å². The van der Waals surface area contributed by atoms with Crippen LogP contribution in [0.1, 0.15) is 37.8 Å². The van der Waals surface area contributed by atoms with Gasteiger partial charge < -0.3 is 4.90 Å². The fraction of sp³-hybridized carbons (Fsp3) is 0.333. The van der Waals surface area contributed by atoms with Gasteiger partial charge in [0.15, 0.2) is 0 Å². The van der Waals surface area contributed by atoms with Gasteiger partial charge in [0.25, 0.3) is 0 Å². The number of H-pyrrole nitrogens is 1. The molecule has 1 aliphatic heterocycles. The molecular weight excluding hydrogens is 310 g/mol. The Balaban J connectivity index is 1.72. The number of nitrogens with zero attached hydrogens (tertiary/aromatic N) is 2. The van der Waals surface area contributed by atoms with Crippen LogP contribution in [-0.2, 0) is 4.79 Å². The number of fused-ring (bicyclic) bond motifs is 1.